The zero-order chi connectivity index (χ0) is 11.1. The average Bonchev–Trinajstić information content (AvgIpc) is 2.29. The van der Waals surface area contributed by atoms with Gasteiger partial charge in [-0.2, -0.15) is 0 Å². The third-order valence-corrected chi connectivity index (χ3v) is 3.19. The minimum absolute atomic E-state index is 0.0799. The standard InChI is InChI=1S/C11H13N3O2/c15-8-4-6-13-9(7-8)11(16)12-10-3-1-2-5-14(10)13/h4,6-7,10H,1-3,5H2,(H,12,16). The molecule has 3 rings (SSSR count). The van der Waals surface area contributed by atoms with Crippen LogP contribution in [0.4, 0.5) is 0 Å². The third kappa shape index (κ3) is 1.31. The summed E-state index contributed by atoms with van der Waals surface area (Å²) in [6.07, 6.45) is 5.00. The van der Waals surface area contributed by atoms with Gasteiger partial charge >= 0.3 is 0 Å². The maximum absolute atomic E-state index is 11.8. The highest BCUT2D eigenvalue weighted by Crippen LogP contribution is 2.18. The molecule has 1 atom stereocenters. The molecule has 84 valence electrons. The number of piperidine rings is 1. The normalized spacial score (nSPS) is 23.4. The second kappa shape index (κ2) is 3.37. The van der Waals surface area contributed by atoms with E-state index in [-0.39, 0.29) is 17.5 Å². The number of hydrogen-bond acceptors (Lipinski definition) is 3. The average molecular weight is 219 g/mol. The van der Waals surface area contributed by atoms with Crippen LogP contribution in [-0.2, 0) is 0 Å². The highest BCUT2D eigenvalue weighted by molar-refractivity contribution is 5.93. The van der Waals surface area contributed by atoms with Crippen molar-refractivity contribution in [3.8, 4) is 0 Å². The van der Waals surface area contributed by atoms with E-state index < -0.39 is 0 Å². The van der Waals surface area contributed by atoms with Crippen molar-refractivity contribution in [3.63, 3.8) is 0 Å². The van der Waals surface area contributed by atoms with Crippen molar-refractivity contribution >= 4 is 5.91 Å². The predicted octanol–water partition coefficient (Wildman–Crippen LogP) is 0.0397. The Morgan fingerprint density at radius 2 is 2.19 bits per heavy atom. The summed E-state index contributed by atoms with van der Waals surface area (Å²) in [6, 6.07) is 2.88. The van der Waals surface area contributed by atoms with Crippen molar-refractivity contribution < 1.29 is 4.79 Å². The highest BCUT2D eigenvalue weighted by Gasteiger charge is 2.31. The van der Waals surface area contributed by atoms with Crippen molar-refractivity contribution in [1.82, 2.24) is 9.99 Å². The van der Waals surface area contributed by atoms with E-state index in [0.717, 1.165) is 25.8 Å². The van der Waals surface area contributed by atoms with Gasteiger partial charge in [-0.3, -0.25) is 19.3 Å². The van der Waals surface area contributed by atoms with E-state index in [1.807, 2.05) is 4.68 Å². The quantitative estimate of drug-likeness (QED) is 0.670. The second-order valence-electron chi connectivity index (χ2n) is 4.24. The fraction of sp³-hybridized carbons (Fsp3) is 0.455. The lowest BCUT2D eigenvalue weighted by Crippen LogP contribution is -2.61. The minimum Gasteiger partial charge on any atom is -0.329 e. The summed E-state index contributed by atoms with van der Waals surface area (Å²) in [5, 5.41) is 5.04. The molecular formula is C11H13N3O2. The van der Waals surface area contributed by atoms with Crippen molar-refractivity contribution in [1.29, 1.82) is 0 Å². The molecule has 5 heteroatoms. The molecule has 0 saturated carbocycles. The topological polar surface area (TPSA) is 54.3 Å². The Morgan fingerprint density at radius 3 is 3.06 bits per heavy atom. The number of nitrogens with zero attached hydrogens (tertiary/aromatic N) is 2. The molecule has 0 spiro atoms. The van der Waals surface area contributed by atoms with Gasteiger partial charge in [0.1, 0.15) is 11.9 Å². The maximum Gasteiger partial charge on any atom is 0.271 e. The molecule has 1 saturated heterocycles. The third-order valence-electron chi connectivity index (χ3n) is 3.19. The molecule has 16 heavy (non-hydrogen) atoms. The summed E-state index contributed by atoms with van der Waals surface area (Å²) < 4.78 is 1.81. The van der Waals surface area contributed by atoms with Gasteiger partial charge in [0.15, 0.2) is 5.43 Å². The number of carbonyl (C=O) groups excluding carboxylic acids is 1. The molecule has 0 bridgehead atoms. The van der Waals surface area contributed by atoms with Crippen LogP contribution in [0, 0.1) is 0 Å². The molecule has 0 aromatic carbocycles. The number of pyridine rings is 1. The van der Waals surface area contributed by atoms with E-state index in [1.165, 1.54) is 12.1 Å². The summed E-state index contributed by atoms with van der Waals surface area (Å²) in [7, 11) is 0. The van der Waals surface area contributed by atoms with Crippen LogP contribution in [-0.4, -0.2) is 23.3 Å². The SMILES string of the molecule is O=C1NC2CCCCN2n2ccc(=O)cc21. The van der Waals surface area contributed by atoms with Gasteiger partial charge in [-0.05, 0) is 19.3 Å². The largest absolute Gasteiger partial charge is 0.329 e. The fourth-order valence-corrected chi connectivity index (χ4v) is 2.41. The zero-order valence-corrected chi connectivity index (χ0v) is 8.85. The van der Waals surface area contributed by atoms with Gasteiger partial charge in [-0.15, -0.1) is 0 Å². The molecule has 0 aliphatic carbocycles. The van der Waals surface area contributed by atoms with Gasteiger partial charge in [-0.1, -0.05) is 0 Å². The first-order chi connectivity index (χ1) is 7.75. The molecule has 0 radical (unpaired) electrons. The first kappa shape index (κ1) is 9.45. The lowest BCUT2D eigenvalue weighted by molar-refractivity contribution is 0.0880. The number of carbonyl (C=O) groups is 1. The number of amides is 1. The Hall–Kier alpha value is -1.78. The fourth-order valence-electron chi connectivity index (χ4n) is 2.41. The van der Waals surface area contributed by atoms with E-state index in [4.69, 9.17) is 0 Å². The number of hydrogen-bond donors (Lipinski definition) is 1. The van der Waals surface area contributed by atoms with Crippen LogP contribution < -0.4 is 15.8 Å². The van der Waals surface area contributed by atoms with Crippen LogP contribution in [0.5, 0.6) is 0 Å². The Kier molecular flexibility index (Phi) is 1.99. The van der Waals surface area contributed by atoms with E-state index >= 15 is 0 Å². The van der Waals surface area contributed by atoms with E-state index in [2.05, 4.69) is 10.3 Å². The highest BCUT2D eigenvalue weighted by atomic mass is 16.2. The number of nitrogens with one attached hydrogen (secondary N) is 1. The van der Waals surface area contributed by atoms with Crippen molar-refractivity contribution in [2.24, 2.45) is 0 Å². The van der Waals surface area contributed by atoms with Crippen LogP contribution in [0.1, 0.15) is 29.8 Å². The Bertz CT molecular complexity index is 494. The second-order valence-corrected chi connectivity index (χ2v) is 4.24. The van der Waals surface area contributed by atoms with Gasteiger partial charge in [0.25, 0.3) is 5.91 Å². The van der Waals surface area contributed by atoms with Crippen LogP contribution in [0.25, 0.3) is 0 Å². The molecular weight excluding hydrogens is 206 g/mol. The number of fused-ring (bicyclic) bond motifs is 3. The van der Waals surface area contributed by atoms with Crippen molar-refractivity contribution in [2.75, 3.05) is 11.6 Å². The van der Waals surface area contributed by atoms with E-state index in [9.17, 15) is 9.59 Å². The first-order valence-corrected chi connectivity index (χ1v) is 5.56. The number of aromatic nitrogens is 1. The van der Waals surface area contributed by atoms with Gasteiger partial charge in [0, 0.05) is 24.9 Å². The van der Waals surface area contributed by atoms with Gasteiger partial charge in [-0.25, -0.2) is 0 Å². The molecule has 1 N–H and O–H groups in total. The van der Waals surface area contributed by atoms with Crippen LogP contribution >= 0.6 is 0 Å². The molecule has 1 amide bonds. The maximum atomic E-state index is 11.8. The van der Waals surface area contributed by atoms with E-state index in [0.29, 0.717) is 5.69 Å². The van der Waals surface area contributed by atoms with Crippen LogP contribution in [0.3, 0.4) is 0 Å². The Labute approximate surface area is 92.6 Å². The summed E-state index contributed by atoms with van der Waals surface area (Å²) >= 11 is 0. The monoisotopic (exact) mass is 219 g/mol. The summed E-state index contributed by atoms with van der Waals surface area (Å²) in [6.45, 7) is 0.917. The van der Waals surface area contributed by atoms with Crippen molar-refractivity contribution in [2.45, 2.75) is 25.4 Å². The lowest BCUT2D eigenvalue weighted by atomic mass is 10.1. The molecule has 1 unspecified atom stereocenters. The first-order valence-electron chi connectivity index (χ1n) is 5.56. The number of rotatable bonds is 0. The molecule has 3 heterocycles. The smallest absolute Gasteiger partial charge is 0.271 e. The minimum atomic E-state index is -0.152. The molecule has 1 aromatic heterocycles. The summed E-state index contributed by atoms with van der Waals surface area (Å²) in [4.78, 5) is 23.0. The van der Waals surface area contributed by atoms with Crippen LogP contribution in [0.2, 0.25) is 0 Å². The van der Waals surface area contributed by atoms with E-state index in [1.54, 1.807) is 6.20 Å². The molecule has 2 aliphatic rings. The molecule has 1 aromatic rings. The summed E-state index contributed by atoms with van der Waals surface area (Å²) in [5.74, 6) is -0.152. The summed E-state index contributed by atoms with van der Waals surface area (Å²) in [5.41, 5.74) is 0.308. The predicted molar refractivity (Wildman–Crippen MR) is 58.9 cm³/mol. The zero-order valence-electron chi connectivity index (χ0n) is 8.85. The molecule has 5 nitrogen and oxygen atoms in total. The molecule has 1 fully saturated rings. The Balaban J connectivity index is 2.11. The van der Waals surface area contributed by atoms with Gasteiger partial charge < -0.3 is 5.32 Å². The Morgan fingerprint density at radius 1 is 1.31 bits per heavy atom. The van der Waals surface area contributed by atoms with Gasteiger partial charge in [0.2, 0.25) is 0 Å². The van der Waals surface area contributed by atoms with Gasteiger partial charge in [0.05, 0.1) is 0 Å². The van der Waals surface area contributed by atoms with Crippen molar-refractivity contribution in [3.05, 3.63) is 34.2 Å². The van der Waals surface area contributed by atoms with Crippen LogP contribution in [0.15, 0.2) is 23.1 Å². The molecule has 2 aliphatic heterocycles. The lowest BCUT2D eigenvalue weighted by Gasteiger charge is -2.43.